The van der Waals surface area contributed by atoms with Gasteiger partial charge in [-0.15, -0.1) is 0 Å². The Morgan fingerprint density at radius 3 is 2.93 bits per heavy atom. The standard InChI is InChI=1S/C12H19NO/c1-2-7-13-8-3-4-10-9-11(14)5-6-12(10)13/h2-9H2,1H3. The van der Waals surface area contributed by atoms with Gasteiger partial charge in [-0.3, -0.25) is 4.79 Å². The van der Waals surface area contributed by atoms with E-state index < -0.39 is 0 Å². The molecule has 14 heavy (non-hydrogen) atoms. The second-order valence-electron chi connectivity index (χ2n) is 4.36. The molecule has 0 N–H and O–H groups in total. The van der Waals surface area contributed by atoms with E-state index >= 15 is 0 Å². The highest BCUT2D eigenvalue weighted by molar-refractivity contribution is 5.82. The molecule has 2 nitrogen and oxygen atoms in total. The van der Waals surface area contributed by atoms with Crippen molar-refractivity contribution in [3.05, 3.63) is 11.3 Å². The first-order valence-electron chi connectivity index (χ1n) is 5.79. The van der Waals surface area contributed by atoms with Gasteiger partial charge in [0.05, 0.1) is 0 Å². The molecular formula is C12H19NO. The Morgan fingerprint density at radius 2 is 2.14 bits per heavy atom. The summed E-state index contributed by atoms with van der Waals surface area (Å²) in [5.74, 6) is 0.446. The van der Waals surface area contributed by atoms with Crippen molar-refractivity contribution in [3.63, 3.8) is 0 Å². The maximum atomic E-state index is 11.3. The molecule has 0 saturated heterocycles. The number of ketones is 1. The molecule has 0 bridgehead atoms. The Kier molecular flexibility index (Phi) is 2.90. The van der Waals surface area contributed by atoms with Crippen LogP contribution in [0.25, 0.3) is 0 Å². The molecule has 0 saturated carbocycles. The molecule has 0 fully saturated rings. The molecule has 2 aliphatic rings. The van der Waals surface area contributed by atoms with Gasteiger partial charge in [0.1, 0.15) is 5.78 Å². The van der Waals surface area contributed by atoms with E-state index in [4.69, 9.17) is 0 Å². The first-order valence-corrected chi connectivity index (χ1v) is 5.79. The fourth-order valence-corrected chi connectivity index (χ4v) is 2.61. The molecular weight excluding hydrogens is 174 g/mol. The lowest BCUT2D eigenvalue weighted by Crippen LogP contribution is -2.32. The highest BCUT2D eigenvalue weighted by atomic mass is 16.1. The molecule has 1 heterocycles. The second-order valence-corrected chi connectivity index (χ2v) is 4.36. The van der Waals surface area contributed by atoms with Crippen molar-refractivity contribution in [1.82, 2.24) is 4.90 Å². The predicted octanol–water partition coefficient (Wildman–Crippen LogP) is 2.50. The number of carbonyl (C=O) groups is 1. The first-order chi connectivity index (χ1) is 6.81. The topological polar surface area (TPSA) is 20.3 Å². The summed E-state index contributed by atoms with van der Waals surface area (Å²) in [6.07, 6.45) is 6.15. The van der Waals surface area contributed by atoms with Crippen LogP contribution in [-0.2, 0) is 4.79 Å². The number of hydrogen-bond acceptors (Lipinski definition) is 2. The van der Waals surface area contributed by atoms with E-state index in [0.717, 1.165) is 19.3 Å². The van der Waals surface area contributed by atoms with Gasteiger partial charge in [-0.2, -0.15) is 0 Å². The number of carbonyl (C=O) groups excluding carboxylic acids is 1. The van der Waals surface area contributed by atoms with Crippen molar-refractivity contribution < 1.29 is 4.79 Å². The predicted molar refractivity (Wildman–Crippen MR) is 57.0 cm³/mol. The summed E-state index contributed by atoms with van der Waals surface area (Å²) in [4.78, 5) is 13.8. The lowest BCUT2D eigenvalue weighted by Gasteiger charge is -2.36. The third kappa shape index (κ3) is 1.84. The normalized spacial score (nSPS) is 22.6. The van der Waals surface area contributed by atoms with Crippen LogP contribution in [0.1, 0.15) is 45.4 Å². The zero-order chi connectivity index (χ0) is 9.97. The van der Waals surface area contributed by atoms with E-state index in [-0.39, 0.29) is 0 Å². The number of Topliss-reactive ketones (excluding diaryl/α,β-unsaturated/α-hetero) is 1. The smallest absolute Gasteiger partial charge is 0.137 e. The molecule has 0 atom stereocenters. The number of nitrogens with zero attached hydrogens (tertiary/aromatic N) is 1. The van der Waals surface area contributed by atoms with Crippen LogP contribution in [0, 0.1) is 0 Å². The zero-order valence-corrected chi connectivity index (χ0v) is 9.01. The minimum atomic E-state index is 0.446. The van der Waals surface area contributed by atoms with Crippen molar-refractivity contribution in [3.8, 4) is 0 Å². The Hall–Kier alpha value is -0.790. The molecule has 0 aromatic carbocycles. The van der Waals surface area contributed by atoms with Crippen LogP contribution in [0.15, 0.2) is 11.3 Å². The monoisotopic (exact) mass is 193 g/mol. The maximum Gasteiger partial charge on any atom is 0.137 e. The largest absolute Gasteiger partial charge is 0.375 e. The highest BCUT2D eigenvalue weighted by Gasteiger charge is 2.24. The van der Waals surface area contributed by atoms with Crippen LogP contribution < -0.4 is 0 Å². The van der Waals surface area contributed by atoms with E-state index in [2.05, 4.69) is 11.8 Å². The molecule has 0 spiro atoms. The van der Waals surface area contributed by atoms with Crippen LogP contribution in [0.4, 0.5) is 0 Å². The summed E-state index contributed by atoms with van der Waals surface area (Å²) in [5, 5.41) is 0. The maximum absolute atomic E-state index is 11.3. The lowest BCUT2D eigenvalue weighted by molar-refractivity contribution is -0.119. The molecule has 1 aliphatic heterocycles. The quantitative estimate of drug-likeness (QED) is 0.671. The van der Waals surface area contributed by atoms with E-state index in [0.29, 0.717) is 5.78 Å². The van der Waals surface area contributed by atoms with Crippen LogP contribution in [0.5, 0.6) is 0 Å². The van der Waals surface area contributed by atoms with Gasteiger partial charge >= 0.3 is 0 Å². The van der Waals surface area contributed by atoms with Crippen LogP contribution >= 0.6 is 0 Å². The van der Waals surface area contributed by atoms with Crippen LogP contribution in [0.2, 0.25) is 0 Å². The Labute approximate surface area is 86.0 Å². The molecule has 2 heteroatoms. The van der Waals surface area contributed by atoms with Gasteiger partial charge in [0.15, 0.2) is 0 Å². The summed E-state index contributed by atoms with van der Waals surface area (Å²) in [7, 11) is 0. The first kappa shape index (κ1) is 9.75. The fraction of sp³-hybridized carbons (Fsp3) is 0.750. The third-order valence-electron chi connectivity index (χ3n) is 3.24. The molecule has 2 rings (SSSR count). The number of rotatable bonds is 2. The number of allylic oxidation sites excluding steroid dienone is 2. The molecule has 0 amide bonds. The summed E-state index contributed by atoms with van der Waals surface area (Å²) in [5.41, 5.74) is 2.96. The van der Waals surface area contributed by atoms with Crippen molar-refractivity contribution in [2.24, 2.45) is 0 Å². The second kappa shape index (κ2) is 4.16. The summed E-state index contributed by atoms with van der Waals surface area (Å²) in [6, 6.07) is 0. The van der Waals surface area contributed by atoms with Gasteiger partial charge < -0.3 is 4.90 Å². The average Bonchev–Trinajstić information content (AvgIpc) is 2.18. The zero-order valence-electron chi connectivity index (χ0n) is 9.01. The van der Waals surface area contributed by atoms with Crippen molar-refractivity contribution >= 4 is 5.78 Å². The van der Waals surface area contributed by atoms with Gasteiger partial charge in [-0.1, -0.05) is 6.92 Å². The number of hydrogen-bond donors (Lipinski definition) is 0. The molecule has 0 aromatic rings. The Morgan fingerprint density at radius 1 is 1.29 bits per heavy atom. The summed E-state index contributed by atoms with van der Waals surface area (Å²) in [6.45, 7) is 4.61. The van der Waals surface area contributed by atoms with E-state index in [1.165, 1.54) is 43.6 Å². The highest BCUT2D eigenvalue weighted by Crippen LogP contribution is 2.32. The van der Waals surface area contributed by atoms with Crippen LogP contribution in [-0.4, -0.2) is 23.8 Å². The van der Waals surface area contributed by atoms with Crippen molar-refractivity contribution in [1.29, 1.82) is 0 Å². The molecule has 0 unspecified atom stereocenters. The lowest BCUT2D eigenvalue weighted by atomic mass is 9.88. The minimum absolute atomic E-state index is 0.446. The fourth-order valence-electron chi connectivity index (χ4n) is 2.61. The average molecular weight is 193 g/mol. The Bertz CT molecular complexity index is 267. The minimum Gasteiger partial charge on any atom is -0.375 e. The van der Waals surface area contributed by atoms with Gasteiger partial charge in [0, 0.05) is 31.6 Å². The summed E-state index contributed by atoms with van der Waals surface area (Å²) < 4.78 is 0. The van der Waals surface area contributed by atoms with Crippen molar-refractivity contribution in [2.75, 3.05) is 13.1 Å². The third-order valence-corrected chi connectivity index (χ3v) is 3.24. The van der Waals surface area contributed by atoms with Crippen LogP contribution in [0.3, 0.4) is 0 Å². The van der Waals surface area contributed by atoms with Gasteiger partial charge in [-0.05, 0) is 31.3 Å². The van der Waals surface area contributed by atoms with E-state index in [1.54, 1.807) is 0 Å². The Balaban J connectivity index is 2.15. The van der Waals surface area contributed by atoms with E-state index in [1.807, 2.05) is 0 Å². The van der Waals surface area contributed by atoms with Gasteiger partial charge in [0.25, 0.3) is 0 Å². The molecule has 78 valence electrons. The van der Waals surface area contributed by atoms with Crippen molar-refractivity contribution in [2.45, 2.75) is 45.4 Å². The van der Waals surface area contributed by atoms with Gasteiger partial charge in [0.2, 0.25) is 0 Å². The SMILES string of the molecule is CCCN1CCCC2=C1CCC(=O)C2. The molecule has 0 aromatic heterocycles. The van der Waals surface area contributed by atoms with E-state index in [9.17, 15) is 4.79 Å². The molecule has 0 radical (unpaired) electrons. The summed E-state index contributed by atoms with van der Waals surface area (Å²) >= 11 is 0. The molecule has 1 aliphatic carbocycles. The van der Waals surface area contributed by atoms with Gasteiger partial charge in [-0.25, -0.2) is 0 Å².